The van der Waals surface area contributed by atoms with Crippen LogP contribution in [0.2, 0.25) is 0 Å². The van der Waals surface area contributed by atoms with Crippen LogP contribution in [0.4, 0.5) is 0 Å². The van der Waals surface area contributed by atoms with Crippen LogP contribution in [0.25, 0.3) is 0 Å². The van der Waals surface area contributed by atoms with Crippen molar-refractivity contribution in [3.63, 3.8) is 0 Å². The van der Waals surface area contributed by atoms with Crippen molar-refractivity contribution in [1.82, 2.24) is 15.5 Å². The first-order chi connectivity index (χ1) is 10.7. The van der Waals surface area contributed by atoms with Crippen molar-refractivity contribution in [3.8, 4) is 0 Å². The van der Waals surface area contributed by atoms with Crippen LogP contribution in [0.3, 0.4) is 0 Å². The van der Waals surface area contributed by atoms with Crippen molar-refractivity contribution in [3.05, 3.63) is 12.2 Å². The van der Waals surface area contributed by atoms with Gasteiger partial charge in [0.05, 0.1) is 6.61 Å². The summed E-state index contributed by atoms with van der Waals surface area (Å²) in [5, 5.41) is 6.87. The maximum Gasteiger partial charge on any atom is 0.191 e. The van der Waals surface area contributed by atoms with Gasteiger partial charge in [0.25, 0.3) is 0 Å². The zero-order valence-corrected chi connectivity index (χ0v) is 17.0. The van der Waals surface area contributed by atoms with Crippen LogP contribution in [0.15, 0.2) is 17.1 Å². The third-order valence-electron chi connectivity index (χ3n) is 4.23. The third-order valence-corrected chi connectivity index (χ3v) is 4.23. The summed E-state index contributed by atoms with van der Waals surface area (Å²) in [7, 11) is 1.83. The number of nitrogens with one attached hydrogen (secondary N) is 2. The molecule has 5 nitrogen and oxygen atoms in total. The second-order valence-corrected chi connectivity index (χ2v) is 6.67. The fourth-order valence-corrected chi connectivity index (χ4v) is 2.78. The van der Waals surface area contributed by atoms with E-state index in [2.05, 4.69) is 34.0 Å². The largest absolute Gasteiger partial charge is 0.379 e. The molecule has 2 aliphatic rings. The van der Waals surface area contributed by atoms with Crippen molar-refractivity contribution in [2.45, 2.75) is 38.6 Å². The molecule has 1 aliphatic carbocycles. The van der Waals surface area contributed by atoms with Crippen LogP contribution in [-0.2, 0) is 4.74 Å². The van der Waals surface area contributed by atoms with Gasteiger partial charge in [-0.1, -0.05) is 12.2 Å². The fraction of sp³-hybridized carbons (Fsp3) is 0.824. The predicted molar refractivity (Wildman–Crippen MR) is 108 cm³/mol. The Kier molecular flexibility index (Phi) is 10.1. The van der Waals surface area contributed by atoms with Gasteiger partial charge in [-0.2, -0.15) is 0 Å². The van der Waals surface area contributed by atoms with E-state index in [0.717, 1.165) is 64.1 Å². The van der Waals surface area contributed by atoms with E-state index in [0.29, 0.717) is 6.04 Å². The zero-order chi connectivity index (χ0) is 15.8. The van der Waals surface area contributed by atoms with Crippen LogP contribution in [0.5, 0.6) is 0 Å². The molecule has 1 saturated heterocycles. The standard InChI is InChI=1S/C17H32N4O.HI/c1-14(2)12-21-9-6-16(7-10-21)20-17(18-3)19-8-11-22-13-15-4-5-15;/h15-16H,1,4-13H2,2-3H3,(H2,18,19,20);1H. The summed E-state index contributed by atoms with van der Waals surface area (Å²) in [6.07, 6.45) is 5.01. The summed E-state index contributed by atoms with van der Waals surface area (Å²) in [5.74, 6) is 1.73. The highest BCUT2D eigenvalue weighted by Crippen LogP contribution is 2.28. The SMILES string of the molecule is C=C(C)CN1CCC(NC(=NC)NCCOCC2CC2)CC1.I. The summed E-state index contributed by atoms with van der Waals surface area (Å²) >= 11 is 0. The molecule has 0 aromatic carbocycles. The van der Waals surface area contributed by atoms with Gasteiger partial charge in [0.15, 0.2) is 5.96 Å². The Morgan fingerprint density at radius 1 is 1.26 bits per heavy atom. The Balaban J connectivity index is 0.00000264. The van der Waals surface area contributed by atoms with Gasteiger partial charge >= 0.3 is 0 Å². The van der Waals surface area contributed by atoms with Crippen LogP contribution < -0.4 is 10.6 Å². The first kappa shape index (κ1) is 20.7. The molecule has 0 bridgehead atoms. The van der Waals surface area contributed by atoms with Crippen LogP contribution in [-0.4, -0.2) is 63.3 Å². The molecule has 0 aromatic heterocycles. The molecule has 0 atom stereocenters. The monoisotopic (exact) mass is 436 g/mol. The van der Waals surface area contributed by atoms with E-state index in [4.69, 9.17) is 4.74 Å². The Labute approximate surface area is 158 Å². The second-order valence-electron chi connectivity index (χ2n) is 6.67. The fourth-order valence-electron chi connectivity index (χ4n) is 2.78. The number of rotatable bonds is 8. The zero-order valence-electron chi connectivity index (χ0n) is 14.6. The van der Waals surface area contributed by atoms with Gasteiger partial charge in [-0.05, 0) is 38.5 Å². The predicted octanol–water partition coefficient (Wildman–Crippen LogP) is 2.24. The minimum absolute atomic E-state index is 0. The average Bonchev–Trinajstić information content (AvgIpc) is 3.31. The van der Waals surface area contributed by atoms with E-state index in [-0.39, 0.29) is 24.0 Å². The van der Waals surface area contributed by atoms with Gasteiger partial charge in [0.2, 0.25) is 0 Å². The number of nitrogens with zero attached hydrogens (tertiary/aromatic N) is 2. The summed E-state index contributed by atoms with van der Waals surface area (Å²) < 4.78 is 5.63. The van der Waals surface area contributed by atoms with Crippen LogP contribution >= 0.6 is 24.0 Å². The quantitative estimate of drug-likeness (QED) is 0.202. The van der Waals surface area contributed by atoms with Gasteiger partial charge in [-0.3, -0.25) is 9.89 Å². The minimum Gasteiger partial charge on any atom is -0.379 e. The minimum atomic E-state index is 0. The number of ether oxygens (including phenoxy) is 1. The molecule has 134 valence electrons. The lowest BCUT2D eigenvalue weighted by Gasteiger charge is -2.33. The molecule has 6 heteroatoms. The van der Waals surface area contributed by atoms with Gasteiger partial charge in [-0.15, -0.1) is 24.0 Å². The number of aliphatic imine (C=N–C) groups is 1. The van der Waals surface area contributed by atoms with E-state index in [1.807, 2.05) is 7.05 Å². The third kappa shape index (κ3) is 8.91. The van der Waals surface area contributed by atoms with Gasteiger partial charge in [-0.25, -0.2) is 0 Å². The molecule has 2 rings (SSSR count). The van der Waals surface area contributed by atoms with E-state index in [9.17, 15) is 0 Å². The Bertz CT molecular complexity index is 377. The van der Waals surface area contributed by atoms with Crippen molar-refractivity contribution in [2.24, 2.45) is 10.9 Å². The first-order valence-corrected chi connectivity index (χ1v) is 8.59. The number of piperidine rings is 1. The maximum absolute atomic E-state index is 5.63. The summed E-state index contributed by atoms with van der Waals surface area (Å²) in [5.41, 5.74) is 1.25. The molecule has 0 aromatic rings. The molecular weight excluding hydrogens is 403 g/mol. The highest BCUT2D eigenvalue weighted by atomic mass is 127. The number of hydrogen-bond donors (Lipinski definition) is 2. The van der Waals surface area contributed by atoms with E-state index < -0.39 is 0 Å². The van der Waals surface area contributed by atoms with E-state index in [1.165, 1.54) is 18.4 Å². The summed E-state index contributed by atoms with van der Waals surface area (Å²) in [6.45, 7) is 11.9. The van der Waals surface area contributed by atoms with Gasteiger partial charge in [0, 0.05) is 45.9 Å². The lowest BCUT2D eigenvalue weighted by atomic mass is 10.0. The molecule has 2 N–H and O–H groups in total. The topological polar surface area (TPSA) is 48.9 Å². The average molecular weight is 436 g/mol. The van der Waals surface area contributed by atoms with E-state index in [1.54, 1.807) is 0 Å². The molecule has 2 fully saturated rings. The van der Waals surface area contributed by atoms with Crippen molar-refractivity contribution in [2.75, 3.05) is 46.4 Å². The number of hydrogen-bond acceptors (Lipinski definition) is 3. The van der Waals surface area contributed by atoms with Gasteiger partial charge in [0.1, 0.15) is 0 Å². The second kappa shape index (κ2) is 11.3. The highest BCUT2D eigenvalue weighted by molar-refractivity contribution is 14.0. The van der Waals surface area contributed by atoms with Crippen molar-refractivity contribution < 1.29 is 4.74 Å². The smallest absolute Gasteiger partial charge is 0.191 e. The normalized spacial score (nSPS) is 20.0. The molecular formula is C17H33IN4O. The maximum atomic E-state index is 5.63. The Morgan fingerprint density at radius 2 is 1.96 bits per heavy atom. The lowest BCUT2D eigenvalue weighted by molar-refractivity contribution is 0.129. The molecule has 0 unspecified atom stereocenters. The number of guanidine groups is 1. The van der Waals surface area contributed by atoms with E-state index >= 15 is 0 Å². The number of halogens is 1. The summed E-state index contributed by atoms with van der Waals surface area (Å²) in [4.78, 5) is 6.78. The first-order valence-electron chi connectivity index (χ1n) is 8.59. The molecule has 0 radical (unpaired) electrons. The Hall–Kier alpha value is -0.340. The molecule has 23 heavy (non-hydrogen) atoms. The molecule has 1 aliphatic heterocycles. The Morgan fingerprint density at radius 3 is 2.52 bits per heavy atom. The molecule has 0 spiro atoms. The molecule has 1 heterocycles. The number of likely N-dealkylation sites (tertiary alicyclic amines) is 1. The lowest BCUT2D eigenvalue weighted by Crippen LogP contribution is -2.49. The molecule has 1 saturated carbocycles. The highest BCUT2D eigenvalue weighted by Gasteiger charge is 2.21. The van der Waals surface area contributed by atoms with Crippen molar-refractivity contribution in [1.29, 1.82) is 0 Å². The molecule has 0 amide bonds. The van der Waals surface area contributed by atoms with Gasteiger partial charge < -0.3 is 15.4 Å². The van der Waals surface area contributed by atoms with Crippen LogP contribution in [0.1, 0.15) is 32.6 Å². The summed E-state index contributed by atoms with van der Waals surface area (Å²) in [6, 6.07) is 0.514. The van der Waals surface area contributed by atoms with Crippen LogP contribution in [0, 0.1) is 5.92 Å². The van der Waals surface area contributed by atoms with Crippen molar-refractivity contribution >= 4 is 29.9 Å².